The van der Waals surface area contributed by atoms with Gasteiger partial charge in [-0.1, -0.05) is 11.6 Å². The molecule has 31 heavy (non-hydrogen) atoms. The predicted molar refractivity (Wildman–Crippen MR) is 122 cm³/mol. The lowest BCUT2D eigenvalue weighted by atomic mass is 9.88. The van der Waals surface area contributed by atoms with Gasteiger partial charge >= 0.3 is 0 Å². The summed E-state index contributed by atoms with van der Waals surface area (Å²) < 4.78 is 13.8. The van der Waals surface area contributed by atoms with Gasteiger partial charge in [-0.2, -0.15) is 0 Å². The highest BCUT2D eigenvalue weighted by Crippen LogP contribution is 2.36. The minimum Gasteiger partial charge on any atom is -0.493 e. The molecule has 0 spiro atoms. The lowest BCUT2D eigenvalue weighted by molar-refractivity contribution is 0.165. The largest absolute Gasteiger partial charge is 0.493 e. The Hall–Kier alpha value is -2.15. The minimum absolute atomic E-state index is 0.465. The SMILES string of the molecule is Cn1c(CN2CCC(c3cc(Cl)ccc3OCC3CCOC3)CC2)nc2cccnc21. The number of fused-ring (bicyclic) bond motifs is 1. The van der Waals surface area contributed by atoms with E-state index in [0.29, 0.717) is 18.4 Å². The van der Waals surface area contributed by atoms with E-state index < -0.39 is 0 Å². The van der Waals surface area contributed by atoms with E-state index in [-0.39, 0.29) is 0 Å². The molecule has 0 aliphatic carbocycles. The van der Waals surface area contributed by atoms with Crippen molar-refractivity contribution < 1.29 is 9.47 Å². The smallest absolute Gasteiger partial charge is 0.159 e. The van der Waals surface area contributed by atoms with Crippen molar-refractivity contribution in [3.8, 4) is 5.75 Å². The van der Waals surface area contributed by atoms with E-state index >= 15 is 0 Å². The van der Waals surface area contributed by atoms with Gasteiger partial charge in [0.1, 0.15) is 17.1 Å². The number of aryl methyl sites for hydroxylation is 1. The molecule has 0 bridgehead atoms. The molecule has 4 heterocycles. The molecule has 0 radical (unpaired) electrons. The Kier molecular flexibility index (Phi) is 6.12. The monoisotopic (exact) mass is 440 g/mol. The highest BCUT2D eigenvalue weighted by Gasteiger charge is 2.25. The number of hydrogen-bond acceptors (Lipinski definition) is 5. The Morgan fingerprint density at radius 3 is 2.84 bits per heavy atom. The summed E-state index contributed by atoms with van der Waals surface area (Å²) in [4.78, 5) is 11.7. The van der Waals surface area contributed by atoms with Crippen LogP contribution in [0.3, 0.4) is 0 Å². The summed E-state index contributed by atoms with van der Waals surface area (Å²) >= 11 is 6.35. The van der Waals surface area contributed by atoms with Gasteiger partial charge in [-0.05, 0) is 74.2 Å². The summed E-state index contributed by atoms with van der Waals surface area (Å²) in [6.07, 6.45) is 5.08. The number of rotatable bonds is 6. The van der Waals surface area contributed by atoms with Gasteiger partial charge in [-0.15, -0.1) is 0 Å². The van der Waals surface area contributed by atoms with Gasteiger partial charge in [-0.25, -0.2) is 9.97 Å². The van der Waals surface area contributed by atoms with Gasteiger partial charge in [0.2, 0.25) is 0 Å². The molecular formula is C24H29ClN4O2. The summed E-state index contributed by atoms with van der Waals surface area (Å²) in [5.41, 5.74) is 3.15. The number of pyridine rings is 1. The van der Waals surface area contributed by atoms with Gasteiger partial charge in [0, 0.05) is 30.8 Å². The predicted octanol–water partition coefficient (Wildman–Crippen LogP) is 4.42. The van der Waals surface area contributed by atoms with E-state index in [4.69, 9.17) is 26.1 Å². The fraction of sp³-hybridized carbons (Fsp3) is 0.500. The van der Waals surface area contributed by atoms with Crippen molar-refractivity contribution in [1.29, 1.82) is 0 Å². The molecule has 0 saturated carbocycles. The zero-order valence-corrected chi connectivity index (χ0v) is 18.7. The van der Waals surface area contributed by atoms with Crippen LogP contribution in [0.15, 0.2) is 36.5 Å². The number of halogens is 1. The lowest BCUT2D eigenvalue weighted by Crippen LogP contribution is -2.33. The van der Waals surface area contributed by atoms with Crippen molar-refractivity contribution >= 4 is 22.8 Å². The van der Waals surface area contributed by atoms with E-state index in [1.807, 2.05) is 30.5 Å². The number of benzene rings is 1. The normalized spacial score (nSPS) is 20.5. The van der Waals surface area contributed by atoms with Crippen LogP contribution in [0, 0.1) is 5.92 Å². The van der Waals surface area contributed by atoms with Crippen molar-refractivity contribution in [2.45, 2.75) is 31.7 Å². The van der Waals surface area contributed by atoms with Crippen molar-refractivity contribution in [3.05, 3.63) is 52.9 Å². The van der Waals surface area contributed by atoms with E-state index in [9.17, 15) is 0 Å². The number of hydrogen-bond donors (Lipinski definition) is 0. The van der Waals surface area contributed by atoms with E-state index in [2.05, 4.69) is 27.6 Å². The Labute approximate surface area is 188 Å². The Morgan fingerprint density at radius 1 is 1.19 bits per heavy atom. The molecule has 2 aliphatic heterocycles. The Balaban J connectivity index is 1.23. The lowest BCUT2D eigenvalue weighted by Gasteiger charge is -2.32. The molecule has 3 aromatic rings. The van der Waals surface area contributed by atoms with Crippen LogP contribution < -0.4 is 4.74 Å². The third-order valence-electron chi connectivity index (χ3n) is 6.58. The van der Waals surface area contributed by atoms with E-state index in [0.717, 1.165) is 79.9 Å². The van der Waals surface area contributed by atoms with Crippen LogP contribution in [0.25, 0.3) is 11.2 Å². The standard InChI is InChI=1S/C24H29ClN4O2/c1-28-23(27-21-3-2-9-26-24(21)28)14-29-10-6-18(7-11-29)20-13-19(25)4-5-22(20)31-16-17-8-12-30-15-17/h2-5,9,13,17-18H,6-8,10-12,14-16H2,1H3. The molecule has 2 aromatic heterocycles. The van der Waals surface area contributed by atoms with Gasteiger partial charge in [-0.3, -0.25) is 4.90 Å². The van der Waals surface area contributed by atoms with E-state index in [1.54, 1.807) is 0 Å². The summed E-state index contributed by atoms with van der Waals surface area (Å²) in [5.74, 6) is 3.01. The molecule has 2 aliphatic rings. The van der Waals surface area contributed by atoms with Gasteiger partial charge in [0.15, 0.2) is 5.65 Å². The molecule has 2 fully saturated rings. The fourth-order valence-electron chi connectivity index (χ4n) is 4.71. The summed E-state index contributed by atoms with van der Waals surface area (Å²) in [6.45, 7) is 5.28. The second kappa shape index (κ2) is 9.15. The van der Waals surface area contributed by atoms with Crippen LogP contribution in [0.5, 0.6) is 5.75 Å². The van der Waals surface area contributed by atoms with Crippen LogP contribution in [0.2, 0.25) is 5.02 Å². The zero-order chi connectivity index (χ0) is 21.2. The zero-order valence-electron chi connectivity index (χ0n) is 18.0. The fourth-order valence-corrected chi connectivity index (χ4v) is 4.89. The first kappa shape index (κ1) is 20.7. The molecular weight excluding hydrogens is 412 g/mol. The number of nitrogens with zero attached hydrogens (tertiary/aromatic N) is 4. The van der Waals surface area contributed by atoms with Crippen molar-refractivity contribution in [2.75, 3.05) is 32.9 Å². The molecule has 0 amide bonds. The van der Waals surface area contributed by atoms with Crippen molar-refractivity contribution in [1.82, 2.24) is 19.4 Å². The average molecular weight is 441 g/mol. The average Bonchev–Trinajstić information content (AvgIpc) is 3.42. The summed E-state index contributed by atoms with van der Waals surface area (Å²) in [6, 6.07) is 10.0. The Morgan fingerprint density at radius 2 is 2.06 bits per heavy atom. The molecule has 1 atom stereocenters. The first-order chi connectivity index (χ1) is 15.2. The topological polar surface area (TPSA) is 52.4 Å². The minimum atomic E-state index is 0.465. The van der Waals surface area contributed by atoms with Crippen LogP contribution in [0.1, 0.15) is 36.6 Å². The maximum atomic E-state index is 6.35. The van der Waals surface area contributed by atoms with Crippen LogP contribution >= 0.6 is 11.6 Å². The molecule has 1 aromatic carbocycles. The maximum absolute atomic E-state index is 6.35. The van der Waals surface area contributed by atoms with Crippen molar-refractivity contribution in [3.63, 3.8) is 0 Å². The number of ether oxygens (including phenoxy) is 2. The van der Waals surface area contributed by atoms with Gasteiger partial charge in [0.25, 0.3) is 0 Å². The van der Waals surface area contributed by atoms with Gasteiger partial charge in [0.05, 0.1) is 19.8 Å². The molecule has 0 N–H and O–H groups in total. The van der Waals surface area contributed by atoms with Crippen LogP contribution in [0.4, 0.5) is 0 Å². The molecule has 5 rings (SSSR count). The molecule has 1 unspecified atom stereocenters. The molecule has 6 nitrogen and oxygen atoms in total. The highest BCUT2D eigenvalue weighted by molar-refractivity contribution is 6.30. The summed E-state index contributed by atoms with van der Waals surface area (Å²) in [7, 11) is 2.05. The Bertz CT molecular complexity index is 1040. The van der Waals surface area contributed by atoms with Gasteiger partial charge < -0.3 is 14.0 Å². The first-order valence-corrected chi connectivity index (χ1v) is 11.5. The van der Waals surface area contributed by atoms with Crippen molar-refractivity contribution in [2.24, 2.45) is 13.0 Å². The quantitative estimate of drug-likeness (QED) is 0.568. The van der Waals surface area contributed by atoms with Crippen LogP contribution in [-0.2, 0) is 18.3 Å². The third-order valence-corrected chi connectivity index (χ3v) is 6.82. The van der Waals surface area contributed by atoms with Crippen LogP contribution in [-0.4, -0.2) is 52.3 Å². The maximum Gasteiger partial charge on any atom is 0.159 e. The number of imidazole rings is 1. The number of aromatic nitrogens is 3. The van der Waals surface area contributed by atoms with E-state index in [1.165, 1.54) is 5.56 Å². The third kappa shape index (κ3) is 4.56. The number of piperidine rings is 1. The second-order valence-corrected chi connectivity index (χ2v) is 9.14. The second-order valence-electron chi connectivity index (χ2n) is 8.71. The molecule has 7 heteroatoms. The molecule has 2 saturated heterocycles. The summed E-state index contributed by atoms with van der Waals surface area (Å²) in [5, 5.41) is 0.779. The molecule has 164 valence electrons. The number of likely N-dealkylation sites (tertiary alicyclic amines) is 1. The highest BCUT2D eigenvalue weighted by atomic mass is 35.5. The first-order valence-electron chi connectivity index (χ1n) is 11.2.